The molecule has 1 N–H and O–H groups in total. The molecule has 76 valence electrons. The topological polar surface area (TPSA) is 64.6 Å². The van der Waals surface area contributed by atoms with Crippen LogP contribution in [0.3, 0.4) is 0 Å². The number of Topliss-reactive ketones (excluding diaryl/α,β-unsaturated/α-hetero) is 1. The maximum Gasteiger partial charge on any atom is 0.406 e. The summed E-state index contributed by atoms with van der Waals surface area (Å²) < 4.78 is 9.38. The molecule has 0 saturated heterocycles. The molecule has 0 atom stereocenters. The number of ether oxygens (including phenoxy) is 2. The fourth-order valence-corrected chi connectivity index (χ4v) is 0.615. The number of carbonyl (C=O) groups excluding carboxylic acids is 2. The van der Waals surface area contributed by atoms with Gasteiger partial charge < -0.3 is 14.8 Å². The summed E-state index contributed by atoms with van der Waals surface area (Å²) in [6.45, 7) is 2.70. The molecule has 0 heterocycles. The second-order valence-electron chi connectivity index (χ2n) is 2.48. The summed E-state index contributed by atoms with van der Waals surface area (Å²) in [6.07, 6.45) is -0.0618. The van der Waals surface area contributed by atoms with Crippen LogP contribution in [0.5, 0.6) is 0 Å². The molecule has 5 nitrogen and oxygen atoms in total. The molecule has 0 aliphatic heterocycles. The number of hydrogen-bond donors (Lipinski definition) is 1. The Morgan fingerprint density at radius 3 is 2.54 bits per heavy atom. The molecule has 0 aromatic rings. The van der Waals surface area contributed by atoms with Crippen LogP contribution in [0.2, 0.25) is 0 Å². The van der Waals surface area contributed by atoms with Crippen LogP contribution >= 0.6 is 0 Å². The molecule has 0 aliphatic rings. The third-order valence-electron chi connectivity index (χ3n) is 1.30. The van der Waals surface area contributed by atoms with Gasteiger partial charge in [0, 0.05) is 13.0 Å². The molecule has 0 fully saturated rings. The second-order valence-corrected chi connectivity index (χ2v) is 2.48. The normalized spacial score (nSPS) is 9.38. The van der Waals surface area contributed by atoms with Crippen LogP contribution in [0.1, 0.15) is 13.3 Å². The number of amides is 1. The Morgan fingerprint density at radius 2 is 2.00 bits per heavy atom. The van der Waals surface area contributed by atoms with Gasteiger partial charge in [-0.25, -0.2) is 4.79 Å². The molecule has 0 radical (unpaired) electrons. The van der Waals surface area contributed by atoms with E-state index >= 15 is 0 Å². The summed E-state index contributed by atoms with van der Waals surface area (Å²) >= 11 is 0. The fourth-order valence-electron chi connectivity index (χ4n) is 0.615. The molecule has 0 spiro atoms. The summed E-state index contributed by atoms with van der Waals surface area (Å²) in [5, 5.41) is 2.45. The molecule has 0 unspecified atom stereocenters. The van der Waals surface area contributed by atoms with Gasteiger partial charge >= 0.3 is 6.09 Å². The first-order chi connectivity index (χ1) is 6.16. The minimum absolute atomic E-state index is 0.0981. The van der Waals surface area contributed by atoms with Crippen LogP contribution < -0.4 is 5.32 Å². The molecular formula is C8H15NO4. The number of nitrogens with one attached hydrogen (secondary N) is 1. The summed E-state index contributed by atoms with van der Waals surface area (Å²) in [5.74, 6) is 0.0981. The van der Waals surface area contributed by atoms with Gasteiger partial charge in [0.15, 0.2) is 0 Å². The first-order valence-corrected chi connectivity index (χ1v) is 4.06. The van der Waals surface area contributed by atoms with E-state index in [2.05, 4.69) is 10.1 Å². The van der Waals surface area contributed by atoms with Gasteiger partial charge in [0.2, 0.25) is 0 Å². The molecule has 0 aliphatic carbocycles. The lowest BCUT2D eigenvalue weighted by atomic mass is 10.3. The Bertz CT molecular complexity index is 170. The van der Waals surface area contributed by atoms with E-state index in [9.17, 15) is 9.59 Å². The summed E-state index contributed by atoms with van der Waals surface area (Å²) in [7, 11) is 1.30. The first kappa shape index (κ1) is 11.9. The van der Waals surface area contributed by atoms with Gasteiger partial charge in [0.1, 0.15) is 5.78 Å². The number of hydrogen-bond acceptors (Lipinski definition) is 4. The predicted molar refractivity (Wildman–Crippen MR) is 46.5 cm³/mol. The van der Waals surface area contributed by atoms with E-state index in [1.54, 1.807) is 0 Å². The highest BCUT2D eigenvalue weighted by molar-refractivity contribution is 5.75. The van der Waals surface area contributed by atoms with Gasteiger partial charge in [0.25, 0.3) is 0 Å². The van der Waals surface area contributed by atoms with Crippen molar-refractivity contribution in [2.75, 3.05) is 26.9 Å². The number of alkyl carbamates (subject to hydrolysis) is 1. The van der Waals surface area contributed by atoms with Crippen molar-refractivity contribution < 1.29 is 19.1 Å². The third kappa shape index (κ3) is 8.81. The van der Waals surface area contributed by atoms with Gasteiger partial charge in [-0.2, -0.15) is 0 Å². The molecular weight excluding hydrogens is 174 g/mol. The zero-order chi connectivity index (χ0) is 10.1. The molecule has 5 heteroatoms. The molecule has 0 rings (SSSR count). The average molecular weight is 189 g/mol. The molecule has 0 bridgehead atoms. The summed E-state index contributed by atoms with van der Waals surface area (Å²) in [4.78, 5) is 21.0. The van der Waals surface area contributed by atoms with Crippen molar-refractivity contribution >= 4 is 11.9 Å². The number of methoxy groups -OCH3 is 1. The zero-order valence-electron chi connectivity index (χ0n) is 7.96. The van der Waals surface area contributed by atoms with Crippen molar-refractivity contribution in [1.29, 1.82) is 0 Å². The van der Waals surface area contributed by atoms with Crippen LogP contribution in [-0.4, -0.2) is 38.7 Å². The third-order valence-corrected chi connectivity index (χ3v) is 1.30. The van der Waals surface area contributed by atoms with E-state index in [0.29, 0.717) is 26.2 Å². The number of carbonyl (C=O) groups is 2. The van der Waals surface area contributed by atoms with Crippen molar-refractivity contribution in [1.82, 2.24) is 5.32 Å². The highest BCUT2D eigenvalue weighted by Crippen LogP contribution is 1.83. The Hall–Kier alpha value is -1.10. The minimum Gasteiger partial charge on any atom is -0.453 e. The number of ketones is 1. The summed E-state index contributed by atoms with van der Waals surface area (Å²) in [5.41, 5.74) is 0. The van der Waals surface area contributed by atoms with Gasteiger partial charge in [0.05, 0.1) is 20.3 Å². The smallest absolute Gasteiger partial charge is 0.406 e. The van der Waals surface area contributed by atoms with Crippen molar-refractivity contribution in [2.24, 2.45) is 0 Å². The van der Waals surface area contributed by atoms with Crippen LogP contribution in [0, 0.1) is 0 Å². The van der Waals surface area contributed by atoms with Crippen molar-refractivity contribution in [3.63, 3.8) is 0 Å². The lowest BCUT2D eigenvalue weighted by molar-refractivity contribution is -0.118. The monoisotopic (exact) mass is 189 g/mol. The Kier molecular flexibility index (Phi) is 6.91. The van der Waals surface area contributed by atoms with Crippen LogP contribution in [0.15, 0.2) is 0 Å². The van der Waals surface area contributed by atoms with Gasteiger partial charge in [-0.15, -0.1) is 0 Å². The average Bonchev–Trinajstić information content (AvgIpc) is 2.10. The molecule has 13 heavy (non-hydrogen) atoms. The Balaban J connectivity index is 3.08. The molecule has 0 saturated carbocycles. The summed E-state index contributed by atoms with van der Waals surface area (Å²) in [6, 6.07) is 0. The van der Waals surface area contributed by atoms with Crippen LogP contribution in [-0.2, 0) is 14.3 Å². The standard InChI is InChI=1S/C8H15NO4/c1-7(10)3-5-13-6-4-9-8(11)12-2/h3-6H2,1-2H3,(H,9,11). The zero-order valence-corrected chi connectivity index (χ0v) is 7.96. The highest BCUT2D eigenvalue weighted by atomic mass is 16.5. The van der Waals surface area contributed by atoms with E-state index in [1.807, 2.05) is 0 Å². The SMILES string of the molecule is COC(=O)NCCOCCC(C)=O. The highest BCUT2D eigenvalue weighted by Gasteiger charge is 1.96. The predicted octanol–water partition coefficient (Wildman–Crippen LogP) is 0.338. The van der Waals surface area contributed by atoms with E-state index in [0.717, 1.165) is 0 Å². The Labute approximate surface area is 77.4 Å². The van der Waals surface area contributed by atoms with E-state index in [4.69, 9.17) is 4.74 Å². The van der Waals surface area contributed by atoms with E-state index < -0.39 is 6.09 Å². The second kappa shape index (κ2) is 7.54. The van der Waals surface area contributed by atoms with Crippen LogP contribution in [0.25, 0.3) is 0 Å². The lowest BCUT2D eigenvalue weighted by Gasteiger charge is -2.03. The van der Waals surface area contributed by atoms with Crippen molar-refractivity contribution in [3.05, 3.63) is 0 Å². The Morgan fingerprint density at radius 1 is 1.31 bits per heavy atom. The first-order valence-electron chi connectivity index (χ1n) is 4.06. The minimum atomic E-state index is -0.477. The van der Waals surface area contributed by atoms with Crippen molar-refractivity contribution in [3.8, 4) is 0 Å². The van der Waals surface area contributed by atoms with Gasteiger partial charge in [-0.1, -0.05) is 0 Å². The molecule has 1 amide bonds. The fraction of sp³-hybridized carbons (Fsp3) is 0.750. The van der Waals surface area contributed by atoms with Gasteiger partial charge in [-0.05, 0) is 6.92 Å². The maximum atomic E-state index is 10.5. The van der Waals surface area contributed by atoms with Gasteiger partial charge in [-0.3, -0.25) is 4.79 Å². The number of rotatable bonds is 6. The molecule has 0 aromatic carbocycles. The van der Waals surface area contributed by atoms with E-state index in [1.165, 1.54) is 14.0 Å². The van der Waals surface area contributed by atoms with Crippen molar-refractivity contribution in [2.45, 2.75) is 13.3 Å². The lowest BCUT2D eigenvalue weighted by Crippen LogP contribution is -2.27. The van der Waals surface area contributed by atoms with E-state index in [-0.39, 0.29) is 5.78 Å². The maximum absolute atomic E-state index is 10.5. The van der Waals surface area contributed by atoms with Crippen LogP contribution in [0.4, 0.5) is 4.79 Å². The molecule has 0 aromatic heterocycles. The quantitative estimate of drug-likeness (QED) is 0.612. The largest absolute Gasteiger partial charge is 0.453 e.